The second-order valence-corrected chi connectivity index (χ2v) is 4.66. The van der Waals surface area contributed by atoms with E-state index in [-0.39, 0.29) is 5.56 Å². The maximum absolute atomic E-state index is 11.8. The number of carbonyl (C=O) groups is 1. The van der Waals surface area contributed by atoms with Gasteiger partial charge in [0.15, 0.2) is 0 Å². The number of nitrogen functional groups attached to an aromatic ring is 1. The van der Waals surface area contributed by atoms with Gasteiger partial charge in [-0.2, -0.15) is 0 Å². The smallest absolute Gasteiger partial charge is 0.266 e. The van der Waals surface area contributed by atoms with Gasteiger partial charge in [-0.1, -0.05) is 0 Å². The highest BCUT2D eigenvalue weighted by Crippen LogP contribution is 2.04. The van der Waals surface area contributed by atoms with Crippen LogP contribution in [0.25, 0.3) is 0 Å². The van der Waals surface area contributed by atoms with Crippen LogP contribution >= 0.6 is 15.9 Å². The Morgan fingerprint density at radius 1 is 1.42 bits per heavy atom. The number of nitrogens with two attached hydrogens (primary N) is 1. The van der Waals surface area contributed by atoms with Crippen LogP contribution in [0.2, 0.25) is 0 Å². The maximum Gasteiger partial charge on any atom is 0.266 e. The average molecular weight is 323 g/mol. The zero-order valence-electron chi connectivity index (χ0n) is 9.84. The second-order valence-electron chi connectivity index (χ2n) is 3.80. The molecule has 2 heterocycles. The Balaban J connectivity index is 2.22. The van der Waals surface area contributed by atoms with Crippen LogP contribution in [0.4, 0.5) is 0 Å². The van der Waals surface area contributed by atoms with Gasteiger partial charge < -0.3 is 4.57 Å². The third-order valence-electron chi connectivity index (χ3n) is 2.52. The molecule has 2 rings (SSSR count). The number of nitrogens with zero attached hydrogens (tertiary/aromatic N) is 2. The van der Waals surface area contributed by atoms with Crippen molar-refractivity contribution >= 4 is 21.8 Å². The van der Waals surface area contributed by atoms with Crippen LogP contribution in [0.3, 0.4) is 0 Å². The molecule has 3 N–H and O–H groups in total. The number of hydrogen-bond donors (Lipinski definition) is 2. The lowest BCUT2D eigenvalue weighted by atomic mass is 10.2. The van der Waals surface area contributed by atoms with Crippen molar-refractivity contribution in [3.8, 4) is 0 Å². The summed E-state index contributed by atoms with van der Waals surface area (Å²) >= 11 is 3.18. The largest absolute Gasteiger partial charge is 0.309 e. The van der Waals surface area contributed by atoms with Gasteiger partial charge in [0.05, 0.1) is 22.3 Å². The number of halogens is 1. The molecule has 2 aromatic rings. The second kappa shape index (κ2) is 5.77. The minimum atomic E-state index is -0.404. The predicted molar refractivity (Wildman–Crippen MR) is 73.4 cm³/mol. The number of pyridine rings is 2. The van der Waals surface area contributed by atoms with E-state index < -0.39 is 5.91 Å². The molecule has 19 heavy (non-hydrogen) atoms. The van der Waals surface area contributed by atoms with Gasteiger partial charge in [0.2, 0.25) is 0 Å². The summed E-state index contributed by atoms with van der Waals surface area (Å²) in [6.45, 7) is 0.336. The number of rotatable bonds is 3. The number of amides is 1. The van der Waals surface area contributed by atoms with E-state index in [1.54, 1.807) is 30.5 Å². The molecular weight excluding hydrogens is 312 g/mol. The molecule has 0 aliphatic heterocycles. The fraction of sp³-hybridized carbons (Fsp3) is 0.0833. The van der Waals surface area contributed by atoms with Gasteiger partial charge in [-0.15, -0.1) is 0 Å². The van der Waals surface area contributed by atoms with Crippen LogP contribution in [-0.2, 0) is 6.54 Å². The lowest BCUT2D eigenvalue weighted by molar-refractivity contribution is 0.0953. The van der Waals surface area contributed by atoms with Crippen LogP contribution in [0.5, 0.6) is 0 Å². The Kier molecular flexibility index (Phi) is 4.08. The Morgan fingerprint density at radius 2 is 2.21 bits per heavy atom. The van der Waals surface area contributed by atoms with Crippen LogP contribution < -0.4 is 16.8 Å². The van der Waals surface area contributed by atoms with E-state index in [2.05, 4.69) is 20.9 Å². The van der Waals surface area contributed by atoms with E-state index in [0.717, 1.165) is 0 Å². The monoisotopic (exact) mass is 322 g/mol. The molecule has 6 nitrogen and oxygen atoms in total. The molecule has 0 unspecified atom stereocenters. The number of hydrogen-bond acceptors (Lipinski definition) is 4. The number of hydrazine groups is 1. The summed E-state index contributed by atoms with van der Waals surface area (Å²) in [6.07, 6.45) is 3.09. The minimum Gasteiger partial charge on any atom is -0.309 e. The molecule has 0 saturated heterocycles. The molecule has 0 bridgehead atoms. The first-order chi connectivity index (χ1) is 9.11. The third-order valence-corrected chi connectivity index (χ3v) is 3.13. The highest BCUT2D eigenvalue weighted by atomic mass is 79.9. The summed E-state index contributed by atoms with van der Waals surface area (Å²) in [4.78, 5) is 27.2. The van der Waals surface area contributed by atoms with E-state index in [1.165, 1.54) is 10.8 Å². The van der Waals surface area contributed by atoms with Crippen LogP contribution in [0.15, 0.2) is 45.9 Å². The SMILES string of the molecule is NNC(=O)c1ccc(Cn2cccc(Br)c2=O)nc1. The average Bonchev–Trinajstić information content (AvgIpc) is 2.44. The Bertz CT molecular complexity index is 652. The van der Waals surface area contributed by atoms with Crippen molar-refractivity contribution in [2.45, 2.75) is 6.54 Å². The fourth-order valence-electron chi connectivity index (χ4n) is 1.54. The zero-order chi connectivity index (χ0) is 13.8. The molecular formula is C12H11BrN4O2. The first kappa shape index (κ1) is 13.4. The summed E-state index contributed by atoms with van der Waals surface area (Å²) in [5, 5.41) is 0. The summed E-state index contributed by atoms with van der Waals surface area (Å²) in [5.74, 6) is 4.62. The molecule has 0 radical (unpaired) electrons. The van der Waals surface area contributed by atoms with Crippen LogP contribution in [-0.4, -0.2) is 15.5 Å². The summed E-state index contributed by atoms with van der Waals surface area (Å²) in [7, 11) is 0. The van der Waals surface area contributed by atoms with E-state index >= 15 is 0 Å². The lowest BCUT2D eigenvalue weighted by Crippen LogP contribution is -2.30. The molecule has 98 valence electrons. The molecule has 2 aromatic heterocycles. The van der Waals surface area contributed by atoms with Crippen LogP contribution in [0.1, 0.15) is 16.1 Å². The molecule has 0 aromatic carbocycles. The van der Waals surface area contributed by atoms with Crippen molar-refractivity contribution in [3.05, 3.63) is 62.7 Å². The fourth-order valence-corrected chi connectivity index (χ4v) is 1.92. The highest BCUT2D eigenvalue weighted by molar-refractivity contribution is 9.10. The van der Waals surface area contributed by atoms with E-state index in [0.29, 0.717) is 22.3 Å². The predicted octanol–water partition coefficient (Wildman–Crippen LogP) is 0.658. The molecule has 0 atom stereocenters. The van der Waals surface area contributed by atoms with Crippen molar-refractivity contribution in [2.75, 3.05) is 0 Å². The first-order valence-electron chi connectivity index (χ1n) is 5.42. The van der Waals surface area contributed by atoms with Gasteiger partial charge in [-0.05, 0) is 40.2 Å². The third kappa shape index (κ3) is 3.07. The van der Waals surface area contributed by atoms with Crippen molar-refractivity contribution < 1.29 is 4.79 Å². The number of carbonyl (C=O) groups excluding carboxylic acids is 1. The zero-order valence-corrected chi connectivity index (χ0v) is 11.4. The van der Waals surface area contributed by atoms with Gasteiger partial charge in [0.1, 0.15) is 0 Å². The van der Waals surface area contributed by atoms with Gasteiger partial charge in [-0.25, -0.2) is 5.84 Å². The summed E-state index contributed by atoms with van der Waals surface area (Å²) < 4.78 is 2.02. The van der Waals surface area contributed by atoms with E-state index in [4.69, 9.17) is 5.84 Å². The topological polar surface area (TPSA) is 90.0 Å². The molecule has 0 fully saturated rings. The van der Waals surface area contributed by atoms with Gasteiger partial charge >= 0.3 is 0 Å². The van der Waals surface area contributed by atoms with Gasteiger partial charge in [0.25, 0.3) is 11.5 Å². The van der Waals surface area contributed by atoms with Crippen molar-refractivity contribution in [3.63, 3.8) is 0 Å². The van der Waals surface area contributed by atoms with Crippen LogP contribution in [0, 0.1) is 0 Å². The Morgan fingerprint density at radius 3 is 2.84 bits per heavy atom. The lowest BCUT2D eigenvalue weighted by Gasteiger charge is -2.06. The van der Waals surface area contributed by atoms with Gasteiger partial charge in [-0.3, -0.25) is 20.0 Å². The highest BCUT2D eigenvalue weighted by Gasteiger charge is 2.05. The number of aromatic nitrogens is 2. The quantitative estimate of drug-likeness (QED) is 0.493. The van der Waals surface area contributed by atoms with Crippen molar-refractivity contribution in [1.29, 1.82) is 0 Å². The van der Waals surface area contributed by atoms with Gasteiger partial charge in [0, 0.05) is 12.4 Å². The normalized spacial score (nSPS) is 10.2. The number of nitrogens with one attached hydrogen (secondary N) is 1. The summed E-state index contributed by atoms with van der Waals surface area (Å²) in [6, 6.07) is 6.73. The first-order valence-corrected chi connectivity index (χ1v) is 6.22. The minimum absolute atomic E-state index is 0.131. The molecule has 0 aliphatic carbocycles. The Hall–Kier alpha value is -1.99. The molecule has 7 heteroatoms. The van der Waals surface area contributed by atoms with Crippen molar-refractivity contribution in [2.24, 2.45) is 5.84 Å². The van der Waals surface area contributed by atoms with E-state index in [1.807, 2.05) is 5.43 Å². The molecule has 0 saturated carbocycles. The maximum atomic E-state index is 11.8. The van der Waals surface area contributed by atoms with Crippen molar-refractivity contribution in [1.82, 2.24) is 15.0 Å². The molecule has 1 amide bonds. The molecule has 0 aliphatic rings. The Labute approximate surface area is 117 Å². The standard InChI is InChI=1S/C12H11BrN4O2/c13-10-2-1-5-17(12(10)19)7-9-4-3-8(6-15-9)11(18)16-14/h1-6H,7,14H2,(H,16,18). The van der Waals surface area contributed by atoms with E-state index in [9.17, 15) is 9.59 Å². The molecule has 0 spiro atoms. The summed E-state index contributed by atoms with van der Waals surface area (Å²) in [5.41, 5.74) is 2.94.